The van der Waals surface area contributed by atoms with Crippen molar-refractivity contribution in [3.63, 3.8) is 0 Å². The van der Waals surface area contributed by atoms with Crippen molar-refractivity contribution >= 4 is 17.2 Å². The molecule has 2 fully saturated rings. The molecule has 2 aromatic rings. The van der Waals surface area contributed by atoms with Crippen LogP contribution in [0.3, 0.4) is 0 Å². The number of hydrogen-bond donors (Lipinski definition) is 0. The lowest BCUT2D eigenvalue weighted by molar-refractivity contribution is -0.141. The lowest BCUT2D eigenvalue weighted by Gasteiger charge is -2.40. The normalized spacial score (nSPS) is 25.3. The quantitative estimate of drug-likeness (QED) is 0.709. The van der Waals surface area contributed by atoms with Gasteiger partial charge in [-0.2, -0.15) is 11.3 Å². The highest BCUT2D eigenvalue weighted by Crippen LogP contribution is 2.43. The minimum Gasteiger partial charge on any atom is -0.338 e. The molecule has 2 aliphatic heterocycles. The van der Waals surface area contributed by atoms with E-state index in [2.05, 4.69) is 26.6 Å². The molecule has 3 heterocycles. The predicted molar refractivity (Wildman–Crippen MR) is 112 cm³/mol. The van der Waals surface area contributed by atoms with Gasteiger partial charge in [0.2, 0.25) is 5.91 Å². The van der Waals surface area contributed by atoms with Crippen molar-refractivity contribution in [2.45, 2.75) is 45.7 Å². The molecule has 2 saturated heterocycles. The zero-order valence-electron chi connectivity index (χ0n) is 17.2. The lowest BCUT2D eigenvalue weighted by Crippen LogP contribution is -2.49. The molecule has 29 heavy (non-hydrogen) atoms. The van der Waals surface area contributed by atoms with E-state index in [1.165, 1.54) is 17.7 Å². The van der Waals surface area contributed by atoms with E-state index in [0.29, 0.717) is 18.4 Å². The Balaban J connectivity index is 1.55. The van der Waals surface area contributed by atoms with Gasteiger partial charge >= 0.3 is 0 Å². The van der Waals surface area contributed by atoms with Crippen molar-refractivity contribution in [1.29, 1.82) is 0 Å². The largest absolute Gasteiger partial charge is 0.338 e. The number of rotatable bonds is 3. The van der Waals surface area contributed by atoms with Gasteiger partial charge in [-0.1, -0.05) is 26.8 Å². The molecule has 6 heteroatoms. The fourth-order valence-corrected chi connectivity index (χ4v) is 5.57. The zero-order valence-corrected chi connectivity index (χ0v) is 18.0. The summed E-state index contributed by atoms with van der Waals surface area (Å²) in [5, 5.41) is 4.29. The van der Waals surface area contributed by atoms with Gasteiger partial charge in [0.15, 0.2) is 11.6 Å². The molecule has 0 radical (unpaired) electrons. The first-order valence-electron chi connectivity index (χ1n) is 10.2. The molecule has 3 nitrogen and oxygen atoms in total. The molecular formula is C23H28F2N2OS. The smallest absolute Gasteiger partial charge is 0.228 e. The first kappa shape index (κ1) is 20.5. The molecule has 1 amide bonds. The van der Waals surface area contributed by atoms with Crippen LogP contribution >= 0.6 is 11.3 Å². The van der Waals surface area contributed by atoms with Crippen molar-refractivity contribution in [3.05, 3.63) is 57.8 Å². The summed E-state index contributed by atoms with van der Waals surface area (Å²) in [5.41, 5.74) is 1.70. The molecular weight excluding hydrogens is 390 g/mol. The Morgan fingerprint density at radius 1 is 1.17 bits per heavy atom. The van der Waals surface area contributed by atoms with Crippen molar-refractivity contribution in [1.82, 2.24) is 9.80 Å². The molecule has 0 unspecified atom stereocenters. The monoisotopic (exact) mass is 418 g/mol. The number of thiophene rings is 1. The zero-order chi connectivity index (χ0) is 20.8. The molecule has 0 aliphatic carbocycles. The van der Waals surface area contributed by atoms with Gasteiger partial charge in [-0.05, 0) is 46.5 Å². The Labute approximate surface area is 175 Å². The van der Waals surface area contributed by atoms with Crippen molar-refractivity contribution in [2.24, 2.45) is 11.3 Å². The minimum atomic E-state index is -0.808. The minimum absolute atomic E-state index is 0.222. The molecule has 1 aromatic carbocycles. The number of benzene rings is 1. The van der Waals surface area contributed by atoms with E-state index >= 15 is 0 Å². The molecule has 0 N–H and O–H groups in total. The maximum Gasteiger partial charge on any atom is 0.228 e. The van der Waals surface area contributed by atoms with Gasteiger partial charge in [0.05, 0.1) is 0 Å². The van der Waals surface area contributed by atoms with Crippen molar-refractivity contribution in [3.8, 4) is 0 Å². The van der Waals surface area contributed by atoms with Crippen molar-refractivity contribution < 1.29 is 13.6 Å². The second kappa shape index (κ2) is 7.80. The summed E-state index contributed by atoms with van der Waals surface area (Å²) >= 11 is 1.69. The van der Waals surface area contributed by atoms with Gasteiger partial charge in [-0.15, -0.1) is 0 Å². The summed E-state index contributed by atoms with van der Waals surface area (Å²) in [7, 11) is 0. The van der Waals surface area contributed by atoms with Gasteiger partial charge in [0, 0.05) is 49.5 Å². The molecule has 1 aromatic heterocycles. The number of fused-ring (bicyclic) bond motifs is 1. The fraction of sp³-hybridized carbons (Fsp3) is 0.522. The number of likely N-dealkylation sites (tertiary alicyclic amines) is 2. The van der Waals surface area contributed by atoms with Crippen LogP contribution in [-0.4, -0.2) is 41.4 Å². The Bertz CT molecular complexity index is 877. The van der Waals surface area contributed by atoms with Crippen LogP contribution in [0.25, 0.3) is 0 Å². The summed E-state index contributed by atoms with van der Waals surface area (Å²) in [6.07, 6.45) is 0.913. The maximum absolute atomic E-state index is 13.6. The van der Waals surface area contributed by atoms with E-state index in [9.17, 15) is 13.6 Å². The number of carbonyl (C=O) groups excluding carboxylic acids is 1. The van der Waals surface area contributed by atoms with E-state index in [1.807, 2.05) is 20.8 Å². The van der Waals surface area contributed by atoms with Crippen LogP contribution in [0.2, 0.25) is 0 Å². The van der Waals surface area contributed by atoms with E-state index < -0.39 is 17.0 Å². The second-order valence-electron chi connectivity index (χ2n) is 9.37. The van der Waals surface area contributed by atoms with E-state index in [-0.39, 0.29) is 11.9 Å². The molecule has 2 aliphatic rings. The average molecular weight is 419 g/mol. The van der Waals surface area contributed by atoms with E-state index in [1.54, 1.807) is 17.4 Å². The standard InChI is InChI=1S/C23H28F2N2OS/c1-23(2,3)22(28)27-13-17(16-7-9-29-14-16)18-12-26(8-6-21(18)27)11-15-4-5-19(24)20(25)10-15/h4-5,7,9-10,14,17-18,21H,6,8,11-13H2,1-3H3/t17-,18-,21-/m1/s1. The summed E-state index contributed by atoms with van der Waals surface area (Å²) in [6, 6.07) is 6.57. The SMILES string of the molecule is CC(C)(C)C(=O)N1C[C@H](c2ccsc2)[C@H]2CN(Cc3ccc(F)c(F)c3)CC[C@H]21. The number of hydrogen-bond acceptors (Lipinski definition) is 3. The van der Waals surface area contributed by atoms with E-state index in [4.69, 9.17) is 0 Å². The van der Waals surface area contributed by atoms with Crippen LogP contribution in [0.5, 0.6) is 0 Å². The lowest BCUT2D eigenvalue weighted by atomic mass is 9.82. The van der Waals surface area contributed by atoms with Gasteiger partial charge < -0.3 is 4.90 Å². The third-order valence-corrected chi connectivity index (χ3v) is 6.98. The second-order valence-corrected chi connectivity index (χ2v) is 10.2. The van der Waals surface area contributed by atoms with E-state index in [0.717, 1.165) is 31.6 Å². The van der Waals surface area contributed by atoms with Gasteiger partial charge in [0.25, 0.3) is 0 Å². The Morgan fingerprint density at radius 2 is 1.97 bits per heavy atom. The van der Waals surface area contributed by atoms with Crippen LogP contribution in [0.15, 0.2) is 35.0 Å². The van der Waals surface area contributed by atoms with Crippen LogP contribution in [-0.2, 0) is 11.3 Å². The molecule has 0 spiro atoms. The molecule has 4 rings (SSSR count). The summed E-state index contributed by atoms with van der Waals surface area (Å²) < 4.78 is 26.9. The molecule has 0 bridgehead atoms. The highest BCUT2D eigenvalue weighted by Gasteiger charge is 2.48. The van der Waals surface area contributed by atoms with Gasteiger partial charge in [0.1, 0.15) is 0 Å². The van der Waals surface area contributed by atoms with Crippen LogP contribution in [0.4, 0.5) is 8.78 Å². The topological polar surface area (TPSA) is 23.6 Å². The maximum atomic E-state index is 13.6. The number of halogens is 2. The Hall–Kier alpha value is -1.79. The third kappa shape index (κ3) is 4.10. The Kier molecular flexibility index (Phi) is 5.51. The Morgan fingerprint density at radius 3 is 2.62 bits per heavy atom. The summed E-state index contributed by atoms with van der Waals surface area (Å²) in [4.78, 5) is 17.5. The van der Waals surface area contributed by atoms with Crippen LogP contribution in [0, 0.1) is 23.0 Å². The summed E-state index contributed by atoms with van der Waals surface area (Å²) in [6.45, 7) is 9.04. The summed E-state index contributed by atoms with van der Waals surface area (Å²) in [5.74, 6) is -0.701. The highest BCUT2D eigenvalue weighted by atomic mass is 32.1. The highest BCUT2D eigenvalue weighted by molar-refractivity contribution is 7.08. The predicted octanol–water partition coefficient (Wildman–Crippen LogP) is 4.89. The van der Waals surface area contributed by atoms with Crippen LogP contribution in [0.1, 0.15) is 44.2 Å². The third-order valence-electron chi connectivity index (χ3n) is 6.28. The molecule has 0 saturated carbocycles. The van der Waals surface area contributed by atoms with Gasteiger partial charge in [-0.3, -0.25) is 9.69 Å². The van der Waals surface area contributed by atoms with Crippen molar-refractivity contribution in [2.75, 3.05) is 19.6 Å². The average Bonchev–Trinajstić information content (AvgIpc) is 3.31. The first-order chi connectivity index (χ1) is 13.7. The number of carbonyl (C=O) groups is 1. The number of amides is 1. The first-order valence-corrected chi connectivity index (χ1v) is 11.2. The molecule has 3 atom stereocenters. The fourth-order valence-electron chi connectivity index (χ4n) is 4.85. The van der Waals surface area contributed by atoms with Crippen LogP contribution < -0.4 is 0 Å². The van der Waals surface area contributed by atoms with Gasteiger partial charge in [-0.25, -0.2) is 8.78 Å². The number of nitrogens with zero attached hydrogens (tertiary/aromatic N) is 2. The number of piperidine rings is 1. The molecule has 156 valence electrons.